The van der Waals surface area contributed by atoms with Crippen LogP contribution >= 0.6 is 0 Å². The van der Waals surface area contributed by atoms with Crippen molar-refractivity contribution in [1.29, 1.82) is 5.26 Å². The molecule has 2 aromatic rings. The highest BCUT2D eigenvalue weighted by Crippen LogP contribution is 2.27. The van der Waals surface area contributed by atoms with Gasteiger partial charge in [0.25, 0.3) is 0 Å². The molecule has 0 amide bonds. The minimum absolute atomic E-state index is 0.0121. The zero-order valence-corrected chi connectivity index (χ0v) is 11.1. The van der Waals surface area contributed by atoms with Crippen LogP contribution in [0.25, 0.3) is 0 Å². The molecule has 1 aromatic carbocycles. The predicted molar refractivity (Wildman–Crippen MR) is 72.1 cm³/mol. The van der Waals surface area contributed by atoms with Gasteiger partial charge < -0.3 is 0 Å². The first kappa shape index (κ1) is 13.0. The number of hydrogen-bond donors (Lipinski definition) is 0. The maximum absolute atomic E-state index is 10.8. The average Bonchev–Trinajstić information content (AvgIpc) is 2.72. The van der Waals surface area contributed by atoms with E-state index in [-0.39, 0.29) is 6.04 Å². The van der Waals surface area contributed by atoms with E-state index in [4.69, 9.17) is 5.26 Å². The van der Waals surface area contributed by atoms with Crippen molar-refractivity contribution in [1.82, 2.24) is 9.78 Å². The Kier molecular flexibility index (Phi) is 3.43. The van der Waals surface area contributed by atoms with Gasteiger partial charge in [-0.3, -0.25) is 4.68 Å². The van der Waals surface area contributed by atoms with Crippen molar-refractivity contribution in [3.8, 4) is 6.07 Å². The first-order valence-corrected chi connectivity index (χ1v) is 5.97. The van der Waals surface area contributed by atoms with Gasteiger partial charge in [-0.1, -0.05) is 12.1 Å². The third-order valence-electron chi connectivity index (χ3n) is 3.27. The van der Waals surface area contributed by atoms with Gasteiger partial charge in [-0.2, -0.15) is 10.4 Å². The molecule has 0 saturated heterocycles. The Labute approximate surface area is 111 Å². The molecule has 96 valence electrons. The standard InChI is InChI=1S/C14H14N4O/c1-9-14(17-19)11(3)18(16-9)10(2)13-6-4-12(8-15)5-7-13/h4-7,10H,1-3H3. The third-order valence-corrected chi connectivity index (χ3v) is 3.27. The van der Waals surface area contributed by atoms with Crippen LogP contribution in [0, 0.1) is 30.1 Å². The van der Waals surface area contributed by atoms with Crippen LogP contribution in [0.5, 0.6) is 0 Å². The first-order chi connectivity index (χ1) is 9.08. The fourth-order valence-electron chi connectivity index (χ4n) is 2.14. The molecule has 0 bridgehead atoms. The Morgan fingerprint density at radius 2 is 1.95 bits per heavy atom. The lowest BCUT2D eigenvalue weighted by molar-refractivity contribution is 0.546. The summed E-state index contributed by atoms with van der Waals surface area (Å²) in [7, 11) is 0. The van der Waals surface area contributed by atoms with E-state index >= 15 is 0 Å². The Hall–Kier alpha value is -2.48. The molecule has 0 aliphatic heterocycles. The van der Waals surface area contributed by atoms with E-state index in [1.807, 2.05) is 26.0 Å². The summed E-state index contributed by atoms with van der Waals surface area (Å²) in [6.45, 7) is 5.60. The van der Waals surface area contributed by atoms with Crippen molar-refractivity contribution in [3.05, 3.63) is 51.7 Å². The van der Waals surface area contributed by atoms with E-state index in [0.29, 0.717) is 16.9 Å². The molecule has 0 fully saturated rings. The third kappa shape index (κ3) is 2.25. The van der Waals surface area contributed by atoms with Crippen LogP contribution < -0.4 is 0 Å². The van der Waals surface area contributed by atoms with Crippen LogP contribution in [-0.4, -0.2) is 9.78 Å². The lowest BCUT2D eigenvalue weighted by Gasteiger charge is -2.14. The lowest BCUT2D eigenvalue weighted by Crippen LogP contribution is -2.10. The predicted octanol–water partition coefficient (Wildman–Crippen LogP) is 3.38. The van der Waals surface area contributed by atoms with E-state index in [0.717, 1.165) is 11.3 Å². The second-order valence-electron chi connectivity index (χ2n) is 4.47. The summed E-state index contributed by atoms with van der Waals surface area (Å²) >= 11 is 0. The summed E-state index contributed by atoms with van der Waals surface area (Å²) in [5.41, 5.74) is 3.44. The zero-order chi connectivity index (χ0) is 14.0. The molecule has 1 unspecified atom stereocenters. The molecule has 2 rings (SSSR count). The number of hydrogen-bond acceptors (Lipinski definition) is 4. The molecule has 5 nitrogen and oxygen atoms in total. The Morgan fingerprint density at radius 3 is 2.42 bits per heavy atom. The van der Waals surface area contributed by atoms with Gasteiger partial charge in [0.05, 0.1) is 29.1 Å². The van der Waals surface area contributed by atoms with Crippen LogP contribution in [0.4, 0.5) is 5.69 Å². The molecule has 5 heteroatoms. The second kappa shape index (κ2) is 5.02. The summed E-state index contributed by atoms with van der Waals surface area (Å²) in [4.78, 5) is 10.8. The smallest absolute Gasteiger partial charge is 0.151 e. The summed E-state index contributed by atoms with van der Waals surface area (Å²) in [6.07, 6.45) is 0. The van der Waals surface area contributed by atoms with E-state index in [9.17, 15) is 4.91 Å². The second-order valence-corrected chi connectivity index (χ2v) is 4.47. The van der Waals surface area contributed by atoms with Gasteiger partial charge in [0.2, 0.25) is 0 Å². The van der Waals surface area contributed by atoms with Crippen LogP contribution in [0.1, 0.15) is 35.5 Å². The Morgan fingerprint density at radius 1 is 1.32 bits per heavy atom. The van der Waals surface area contributed by atoms with Crippen molar-refractivity contribution in [2.75, 3.05) is 0 Å². The quantitative estimate of drug-likeness (QED) is 0.788. The van der Waals surface area contributed by atoms with Gasteiger partial charge >= 0.3 is 0 Å². The molecular formula is C14H14N4O. The summed E-state index contributed by atoms with van der Waals surface area (Å²) < 4.78 is 1.79. The summed E-state index contributed by atoms with van der Waals surface area (Å²) in [5, 5.41) is 16.2. The number of nitriles is 1. The van der Waals surface area contributed by atoms with Crippen LogP contribution in [0.15, 0.2) is 29.4 Å². The monoisotopic (exact) mass is 254 g/mol. The van der Waals surface area contributed by atoms with Crippen molar-refractivity contribution in [2.45, 2.75) is 26.8 Å². The summed E-state index contributed by atoms with van der Waals surface area (Å²) in [5.74, 6) is 0. The van der Waals surface area contributed by atoms with E-state index in [2.05, 4.69) is 16.3 Å². The molecular weight excluding hydrogens is 240 g/mol. The molecule has 1 atom stereocenters. The highest BCUT2D eigenvalue weighted by atomic mass is 16.3. The van der Waals surface area contributed by atoms with Gasteiger partial charge in [-0.15, -0.1) is 4.91 Å². The van der Waals surface area contributed by atoms with E-state index in [1.165, 1.54) is 0 Å². The van der Waals surface area contributed by atoms with Crippen LogP contribution in [0.2, 0.25) is 0 Å². The molecule has 1 heterocycles. The minimum Gasteiger partial charge on any atom is -0.260 e. The fraction of sp³-hybridized carbons (Fsp3) is 0.286. The molecule has 0 radical (unpaired) electrons. The number of benzene rings is 1. The number of nitrogens with zero attached hydrogens (tertiary/aromatic N) is 4. The molecule has 0 aliphatic carbocycles. The van der Waals surface area contributed by atoms with Crippen LogP contribution in [-0.2, 0) is 0 Å². The van der Waals surface area contributed by atoms with E-state index in [1.54, 1.807) is 23.7 Å². The molecule has 19 heavy (non-hydrogen) atoms. The van der Waals surface area contributed by atoms with Gasteiger partial charge in [-0.25, -0.2) is 0 Å². The SMILES string of the molecule is Cc1nn(C(C)c2ccc(C#N)cc2)c(C)c1N=O. The van der Waals surface area contributed by atoms with Gasteiger partial charge in [0, 0.05) is 0 Å². The molecule has 0 saturated carbocycles. The molecule has 0 N–H and O–H groups in total. The van der Waals surface area contributed by atoms with Crippen molar-refractivity contribution in [2.24, 2.45) is 5.18 Å². The van der Waals surface area contributed by atoms with Crippen molar-refractivity contribution >= 4 is 5.69 Å². The zero-order valence-electron chi connectivity index (χ0n) is 11.1. The topological polar surface area (TPSA) is 71.0 Å². The highest BCUT2D eigenvalue weighted by molar-refractivity contribution is 5.46. The molecule has 0 spiro atoms. The van der Waals surface area contributed by atoms with E-state index < -0.39 is 0 Å². The number of nitroso groups, excluding NO2 is 1. The number of rotatable bonds is 3. The largest absolute Gasteiger partial charge is 0.260 e. The van der Waals surface area contributed by atoms with Crippen molar-refractivity contribution in [3.63, 3.8) is 0 Å². The first-order valence-electron chi connectivity index (χ1n) is 5.97. The maximum Gasteiger partial charge on any atom is 0.151 e. The Balaban J connectivity index is 2.41. The van der Waals surface area contributed by atoms with Crippen LogP contribution in [0.3, 0.4) is 0 Å². The van der Waals surface area contributed by atoms with Crippen molar-refractivity contribution < 1.29 is 0 Å². The number of aryl methyl sites for hydroxylation is 1. The Bertz CT molecular complexity index is 649. The minimum atomic E-state index is -0.0121. The molecule has 1 aromatic heterocycles. The van der Waals surface area contributed by atoms with Gasteiger partial charge in [-0.05, 0) is 43.6 Å². The normalized spacial score (nSPS) is 11.9. The summed E-state index contributed by atoms with van der Waals surface area (Å²) in [6, 6.07) is 9.42. The van der Waals surface area contributed by atoms with Gasteiger partial charge in [0.15, 0.2) is 5.69 Å². The average molecular weight is 254 g/mol. The fourth-order valence-corrected chi connectivity index (χ4v) is 2.14. The van der Waals surface area contributed by atoms with Gasteiger partial charge in [0.1, 0.15) is 0 Å². The maximum atomic E-state index is 10.8. The molecule has 0 aliphatic rings. The highest BCUT2D eigenvalue weighted by Gasteiger charge is 2.17. The lowest BCUT2D eigenvalue weighted by atomic mass is 10.1. The number of aromatic nitrogens is 2.